The van der Waals surface area contributed by atoms with E-state index >= 15 is 0 Å². The fourth-order valence-corrected chi connectivity index (χ4v) is 4.16. The maximum atomic E-state index is 12.6. The average Bonchev–Trinajstić information content (AvgIpc) is 3.31. The zero-order chi connectivity index (χ0) is 18.9. The van der Waals surface area contributed by atoms with E-state index in [0.717, 1.165) is 36.5 Å². The Morgan fingerprint density at radius 1 is 1.26 bits per heavy atom. The van der Waals surface area contributed by atoms with E-state index in [2.05, 4.69) is 20.2 Å². The number of rotatable bonds is 4. The SMILES string of the molecule is CC(NC(=O)N1CCC(O)(CN2CCCC2)CC1)c1nc2ccccc2[nH]1. The Labute approximate surface area is 159 Å². The number of benzene rings is 1. The normalized spacial score (nSPS) is 21.5. The smallest absolute Gasteiger partial charge is 0.317 e. The maximum absolute atomic E-state index is 12.6. The van der Waals surface area contributed by atoms with Crippen LogP contribution in [-0.4, -0.2) is 69.2 Å². The molecule has 1 aromatic heterocycles. The highest BCUT2D eigenvalue weighted by Gasteiger charge is 2.36. The number of carbonyl (C=O) groups is 1. The number of hydrogen-bond acceptors (Lipinski definition) is 4. The zero-order valence-corrected chi connectivity index (χ0v) is 15.9. The van der Waals surface area contributed by atoms with E-state index < -0.39 is 5.60 Å². The number of β-amino-alcohol motifs (C(OH)–C–C–N with tert-alkyl or cyclic N) is 1. The Bertz CT molecular complexity index is 758. The molecule has 2 saturated heterocycles. The van der Waals surface area contributed by atoms with E-state index in [1.54, 1.807) is 4.90 Å². The van der Waals surface area contributed by atoms with Crippen LogP contribution in [0.2, 0.25) is 0 Å². The van der Waals surface area contributed by atoms with Crippen LogP contribution in [0, 0.1) is 0 Å². The van der Waals surface area contributed by atoms with Crippen molar-refractivity contribution in [2.45, 2.75) is 44.2 Å². The van der Waals surface area contributed by atoms with Gasteiger partial charge in [-0.1, -0.05) is 12.1 Å². The van der Waals surface area contributed by atoms with Crippen LogP contribution in [0.4, 0.5) is 4.79 Å². The lowest BCUT2D eigenvalue weighted by Crippen LogP contribution is -2.53. The van der Waals surface area contributed by atoms with Gasteiger partial charge in [0.05, 0.1) is 22.7 Å². The molecule has 146 valence electrons. The number of fused-ring (bicyclic) bond motifs is 1. The van der Waals surface area contributed by atoms with Crippen LogP contribution in [0.5, 0.6) is 0 Å². The number of aliphatic hydroxyl groups is 1. The van der Waals surface area contributed by atoms with Gasteiger partial charge in [0.2, 0.25) is 0 Å². The first-order valence-corrected chi connectivity index (χ1v) is 9.97. The van der Waals surface area contributed by atoms with Gasteiger partial charge in [-0.3, -0.25) is 0 Å². The van der Waals surface area contributed by atoms with Crippen LogP contribution in [0.3, 0.4) is 0 Å². The standard InChI is InChI=1S/C20H29N5O2/c1-15(18-22-16-6-2-3-7-17(16)23-18)21-19(26)25-12-8-20(27,9-13-25)14-24-10-4-5-11-24/h2-3,6-7,15,27H,4-5,8-14H2,1H3,(H,21,26)(H,22,23). The number of piperidine rings is 1. The summed E-state index contributed by atoms with van der Waals surface area (Å²) in [5.74, 6) is 0.757. The lowest BCUT2D eigenvalue weighted by molar-refractivity contribution is -0.0340. The summed E-state index contributed by atoms with van der Waals surface area (Å²) in [5.41, 5.74) is 1.21. The molecule has 0 radical (unpaired) electrons. The number of nitrogens with one attached hydrogen (secondary N) is 2. The van der Waals surface area contributed by atoms with E-state index in [1.807, 2.05) is 31.2 Å². The molecule has 0 saturated carbocycles. The molecule has 4 rings (SSSR count). The quantitative estimate of drug-likeness (QED) is 0.770. The molecule has 1 unspecified atom stereocenters. The van der Waals surface area contributed by atoms with Crippen molar-refractivity contribution < 1.29 is 9.90 Å². The van der Waals surface area contributed by atoms with Crippen molar-refractivity contribution in [1.82, 2.24) is 25.1 Å². The van der Waals surface area contributed by atoms with Crippen LogP contribution >= 0.6 is 0 Å². The summed E-state index contributed by atoms with van der Waals surface area (Å²) in [5, 5.41) is 13.9. The number of imidazole rings is 1. The fourth-order valence-electron chi connectivity index (χ4n) is 4.16. The Balaban J connectivity index is 1.31. The first-order valence-electron chi connectivity index (χ1n) is 9.97. The highest BCUT2D eigenvalue weighted by atomic mass is 16.3. The van der Waals surface area contributed by atoms with E-state index in [1.165, 1.54) is 12.8 Å². The van der Waals surface area contributed by atoms with Crippen molar-refractivity contribution in [3.05, 3.63) is 30.1 Å². The number of aromatic nitrogens is 2. The molecule has 2 aliphatic rings. The molecule has 2 fully saturated rings. The number of amides is 2. The minimum Gasteiger partial charge on any atom is -0.388 e. The van der Waals surface area contributed by atoms with Gasteiger partial charge in [0.15, 0.2) is 0 Å². The molecule has 7 heteroatoms. The molecule has 0 spiro atoms. The first-order chi connectivity index (χ1) is 13.0. The minimum absolute atomic E-state index is 0.0915. The molecular formula is C20H29N5O2. The third kappa shape index (κ3) is 4.09. The lowest BCUT2D eigenvalue weighted by Gasteiger charge is -2.40. The van der Waals surface area contributed by atoms with Gasteiger partial charge < -0.3 is 25.2 Å². The van der Waals surface area contributed by atoms with Gasteiger partial charge in [0.25, 0.3) is 0 Å². The second kappa shape index (κ2) is 7.48. The van der Waals surface area contributed by atoms with E-state index in [0.29, 0.717) is 25.9 Å². The molecular weight excluding hydrogens is 342 g/mol. The molecule has 7 nitrogen and oxygen atoms in total. The molecule has 27 heavy (non-hydrogen) atoms. The Hall–Kier alpha value is -2.12. The second-order valence-electron chi connectivity index (χ2n) is 8.01. The van der Waals surface area contributed by atoms with Crippen LogP contribution in [-0.2, 0) is 0 Å². The van der Waals surface area contributed by atoms with Crippen molar-refractivity contribution in [2.75, 3.05) is 32.7 Å². The topological polar surface area (TPSA) is 84.5 Å². The third-order valence-corrected chi connectivity index (χ3v) is 5.86. The largest absolute Gasteiger partial charge is 0.388 e. The van der Waals surface area contributed by atoms with Crippen LogP contribution < -0.4 is 5.32 Å². The highest BCUT2D eigenvalue weighted by molar-refractivity contribution is 5.76. The number of urea groups is 1. The second-order valence-corrected chi connectivity index (χ2v) is 8.01. The third-order valence-electron chi connectivity index (χ3n) is 5.86. The van der Waals surface area contributed by atoms with Gasteiger partial charge >= 0.3 is 6.03 Å². The molecule has 2 amide bonds. The number of hydrogen-bond donors (Lipinski definition) is 3. The Morgan fingerprint density at radius 2 is 1.96 bits per heavy atom. The number of H-pyrrole nitrogens is 1. The van der Waals surface area contributed by atoms with Crippen molar-refractivity contribution >= 4 is 17.1 Å². The van der Waals surface area contributed by atoms with Gasteiger partial charge in [-0.2, -0.15) is 0 Å². The summed E-state index contributed by atoms with van der Waals surface area (Å²) in [4.78, 5) is 24.6. The predicted octanol–water partition coefficient (Wildman–Crippen LogP) is 2.26. The van der Waals surface area contributed by atoms with Crippen LogP contribution in [0.15, 0.2) is 24.3 Å². The summed E-state index contributed by atoms with van der Waals surface area (Å²) in [6.07, 6.45) is 3.72. The van der Waals surface area contributed by atoms with Crippen molar-refractivity contribution in [3.63, 3.8) is 0 Å². The summed E-state index contributed by atoms with van der Waals surface area (Å²) in [7, 11) is 0. The van der Waals surface area contributed by atoms with Gasteiger partial charge in [-0.05, 0) is 57.8 Å². The molecule has 0 bridgehead atoms. The van der Waals surface area contributed by atoms with Crippen molar-refractivity contribution in [3.8, 4) is 0 Å². The number of aromatic amines is 1. The molecule has 0 aliphatic carbocycles. The van der Waals surface area contributed by atoms with Gasteiger partial charge in [0, 0.05) is 19.6 Å². The summed E-state index contributed by atoms with van der Waals surface area (Å²) in [6.45, 7) is 6.01. The monoisotopic (exact) mass is 371 g/mol. The zero-order valence-electron chi connectivity index (χ0n) is 15.9. The molecule has 2 aromatic rings. The number of carbonyl (C=O) groups excluding carboxylic acids is 1. The average molecular weight is 371 g/mol. The molecule has 3 N–H and O–H groups in total. The van der Waals surface area contributed by atoms with E-state index in [9.17, 15) is 9.90 Å². The molecule has 1 atom stereocenters. The van der Waals surface area contributed by atoms with E-state index in [-0.39, 0.29) is 12.1 Å². The van der Waals surface area contributed by atoms with E-state index in [4.69, 9.17) is 0 Å². The van der Waals surface area contributed by atoms with Gasteiger partial charge in [-0.25, -0.2) is 9.78 Å². The summed E-state index contributed by atoms with van der Waals surface area (Å²) < 4.78 is 0. The van der Waals surface area contributed by atoms with Crippen LogP contribution in [0.25, 0.3) is 11.0 Å². The number of likely N-dealkylation sites (tertiary alicyclic amines) is 2. The number of nitrogens with zero attached hydrogens (tertiary/aromatic N) is 3. The Morgan fingerprint density at radius 3 is 2.67 bits per heavy atom. The minimum atomic E-state index is -0.661. The summed E-state index contributed by atoms with van der Waals surface area (Å²) >= 11 is 0. The van der Waals surface area contributed by atoms with Gasteiger partial charge in [-0.15, -0.1) is 0 Å². The molecule has 3 heterocycles. The van der Waals surface area contributed by atoms with Crippen molar-refractivity contribution in [2.24, 2.45) is 0 Å². The van der Waals surface area contributed by atoms with Gasteiger partial charge in [0.1, 0.15) is 5.82 Å². The summed E-state index contributed by atoms with van der Waals surface area (Å²) in [6, 6.07) is 7.56. The Kier molecular flexibility index (Phi) is 5.06. The lowest BCUT2D eigenvalue weighted by atomic mass is 9.91. The molecule has 2 aliphatic heterocycles. The predicted molar refractivity (Wildman–Crippen MR) is 104 cm³/mol. The number of para-hydroxylation sites is 2. The maximum Gasteiger partial charge on any atom is 0.317 e. The van der Waals surface area contributed by atoms with Crippen molar-refractivity contribution in [1.29, 1.82) is 0 Å². The fraction of sp³-hybridized carbons (Fsp3) is 0.600. The van der Waals surface area contributed by atoms with Crippen LogP contribution in [0.1, 0.15) is 44.5 Å². The molecule has 1 aromatic carbocycles. The highest BCUT2D eigenvalue weighted by Crippen LogP contribution is 2.25. The first kappa shape index (κ1) is 18.3.